The lowest BCUT2D eigenvalue weighted by Gasteiger charge is -2.32. The molecule has 2 saturated heterocycles. The summed E-state index contributed by atoms with van der Waals surface area (Å²) in [5, 5.41) is 6.41. The highest BCUT2D eigenvalue weighted by atomic mass is 32.2. The summed E-state index contributed by atoms with van der Waals surface area (Å²) in [6.07, 6.45) is 4.10. The quantitative estimate of drug-likeness (QED) is 0.382. The van der Waals surface area contributed by atoms with Gasteiger partial charge in [-0.1, -0.05) is 6.92 Å². The molecule has 28 heavy (non-hydrogen) atoms. The van der Waals surface area contributed by atoms with E-state index in [9.17, 15) is 21.6 Å². The number of nitrogens with zero attached hydrogens (tertiary/aromatic N) is 3. The van der Waals surface area contributed by atoms with Gasteiger partial charge in [-0.25, -0.2) is 8.42 Å². The molecule has 2 heterocycles. The van der Waals surface area contributed by atoms with Crippen LogP contribution in [-0.2, 0) is 10.0 Å². The van der Waals surface area contributed by atoms with Crippen molar-refractivity contribution in [1.29, 1.82) is 0 Å². The summed E-state index contributed by atoms with van der Waals surface area (Å²) in [5.41, 5.74) is -5.24. The number of piperidine rings is 2. The first-order chi connectivity index (χ1) is 13.1. The maximum absolute atomic E-state index is 12.6. The van der Waals surface area contributed by atoms with Gasteiger partial charge in [-0.05, 0) is 57.7 Å². The van der Waals surface area contributed by atoms with E-state index in [2.05, 4.69) is 27.4 Å². The highest BCUT2D eigenvalue weighted by Gasteiger charge is 2.50. The standard InChI is InChI=1S/C17H32F3N5O2S/c1-14-4-10-24(11-5-14)9-3-8-22-16(21-2)23-15-6-12-25(13-7-15)28(26,27)17(18,19)20/h14-15H,3-13H2,1-2H3,(H2,21,22,23). The van der Waals surface area contributed by atoms with Crippen molar-refractivity contribution in [3.63, 3.8) is 0 Å². The first-order valence-corrected chi connectivity index (χ1v) is 11.3. The van der Waals surface area contributed by atoms with E-state index in [1.165, 1.54) is 12.8 Å². The van der Waals surface area contributed by atoms with E-state index >= 15 is 0 Å². The van der Waals surface area contributed by atoms with E-state index in [1.807, 2.05) is 0 Å². The minimum atomic E-state index is -5.24. The van der Waals surface area contributed by atoms with Crippen molar-refractivity contribution < 1.29 is 21.6 Å². The summed E-state index contributed by atoms with van der Waals surface area (Å²) >= 11 is 0. The molecule has 0 spiro atoms. The second-order valence-corrected chi connectivity index (χ2v) is 9.57. The zero-order chi connectivity index (χ0) is 20.8. The van der Waals surface area contributed by atoms with E-state index in [-0.39, 0.29) is 19.1 Å². The molecule has 0 aromatic heterocycles. The van der Waals surface area contributed by atoms with Gasteiger partial charge in [0, 0.05) is 32.7 Å². The van der Waals surface area contributed by atoms with Crippen molar-refractivity contribution in [2.45, 2.75) is 50.6 Å². The number of alkyl halides is 3. The van der Waals surface area contributed by atoms with Crippen LogP contribution in [0.5, 0.6) is 0 Å². The number of aliphatic imine (C=N–C) groups is 1. The lowest BCUT2D eigenvalue weighted by Crippen LogP contribution is -2.51. The van der Waals surface area contributed by atoms with Gasteiger partial charge in [-0.3, -0.25) is 4.99 Å². The summed E-state index contributed by atoms with van der Waals surface area (Å²) in [7, 11) is -3.59. The van der Waals surface area contributed by atoms with Crippen molar-refractivity contribution in [1.82, 2.24) is 19.8 Å². The molecule has 2 N–H and O–H groups in total. The third kappa shape index (κ3) is 6.48. The Morgan fingerprint density at radius 3 is 2.25 bits per heavy atom. The van der Waals surface area contributed by atoms with Crippen molar-refractivity contribution in [3.05, 3.63) is 0 Å². The highest BCUT2D eigenvalue weighted by Crippen LogP contribution is 2.28. The van der Waals surface area contributed by atoms with Gasteiger partial charge in [0.05, 0.1) is 0 Å². The van der Waals surface area contributed by atoms with E-state index < -0.39 is 15.5 Å². The average Bonchev–Trinajstić information content (AvgIpc) is 2.65. The second-order valence-electron chi connectivity index (χ2n) is 7.65. The molecule has 2 fully saturated rings. The summed E-state index contributed by atoms with van der Waals surface area (Å²) in [6, 6.07) is -0.102. The molecular formula is C17H32F3N5O2S. The molecule has 0 aromatic rings. The van der Waals surface area contributed by atoms with Crippen LogP contribution < -0.4 is 10.6 Å². The van der Waals surface area contributed by atoms with Gasteiger partial charge in [0.1, 0.15) is 0 Å². The van der Waals surface area contributed by atoms with Gasteiger partial charge >= 0.3 is 15.5 Å². The minimum Gasteiger partial charge on any atom is -0.356 e. The van der Waals surface area contributed by atoms with Gasteiger partial charge in [-0.2, -0.15) is 17.5 Å². The summed E-state index contributed by atoms with van der Waals surface area (Å²) in [6.45, 7) is 6.07. The number of nitrogens with one attached hydrogen (secondary N) is 2. The molecule has 164 valence electrons. The summed E-state index contributed by atoms with van der Waals surface area (Å²) < 4.78 is 61.3. The number of guanidine groups is 1. The Bertz CT molecular complexity index is 611. The molecule has 2 aliphatic rings. The van der Waals surface area contributed by atoms with Gasteiger partial charge in [0.25, 0.3) is 0 Å². The van der Waals surface area contributed by atoms with E-state index in [4.69, 9.17) is 0 Å². The predicted molar refractivity (Wildman–Crippen MR) is 104 cm³/mol. The van der Waals surface area contributed by atoms with Crippen LogP contribution in [-0.4, -0.2) is 81.4 Å². The number of halogens is 3. The van der Waals surface area contributed by atoms with E-state index in [1.54, 1.807) is 7.05 Å². The van der Waals surface area contributed by atoms with Gasteiger partial charge in [-0.15, -0.1) is 0 Å². The normalized spacial score (nSPS) is 22.4. The van der Waals surface area contributed by atoms with Crippen LogP contribution in [0.1, 0.15) is 39.0 Å². The fourth-order valence-electron chi connectivity index (χ4n) is 3.57. The third-order valence-corrected chi connectivity index (χ3v) is 7.10. The van der Waals surface area contributed by atoms with Crippen LogP contribution in [0.3, 0.4) is 0 Å². The second kappa shape index (κ2) is 10.1. The maximum Gasteiger partial charge on any atom is 0.511 e. The SMILES string of the molecule is CN=C(NCCCN1CCC(C)CC1)NC1CCN(S(=O)(=O)C(F)(F)F)CC1. The van der Waals surface area contributed by atoms with Crippen molar-refractivity contribution >= 4 is 16.0 Å². The van der Waals surface area contributed by atoms with Crippen LogP contribution in [0.4, 0.5) is 13.2 Å². The number of sulfonamides is 1. The fraction of sp³-hybridized carbons (Fsp3) is 0.941. The molecule has 2 aliphatic heterocycles. The molecule has 11 heteroatoms. The molecule has 0 saturated carbocycles. The van der Waals surface area contributed by atoms with Gasteiger partial charge < -0.3 is 15.5 Å². The van der Waals surface area contributed by atoms with Crippen molar-refractivity contribution in [2.75, 3.05) is 46.3 Å². The number of hydrogen-bond acceptors (Lipinski definition) is 4. The molecule has 0 amide bonds. The first-order valence-electron chi connectivity index (χ1n) is 9.89. The minimum absolute atomic E-state index is 0.102. The third-order valence-electron chi connectivity index (χ3n) is 5.47. The number of hydrogen-bond donors (Lipinski definition) is 2. The molecule has 0 aromatic carbocycles. The Labute approximate surface area is 165 Å². The molecule has 0 radical (unpaired) electrons. The predicted octanol–water partition coefficient (Wildman–Crippen LogP) is 1.59. The Kier molecular flexibility index (Phi) is 8.38. The van der Waals surface area contributed by atoms with Crippen molar-refractivity contribution in [3.8, 4) is 0 Å². The first kappa shape index (κ1) is 23.2. The van der Waals surface area contributed by atoms with E-state index in [0.29, 0.717) is 23.1 Å². The van der Waals surface area contributed by atoms with Crippen molar-refractivity contribution in [2.24, 2.45) is 10.9 Å². The van der Waals surface area contributed by atoms with Crippen LogP contribution in [0.15, 0.2) is 4.99 Å². The highest BCUT2D eigenvalue weighted by molar-refractivity contribution is 7.90. The van der Waals surface area contributed by atoms with Crippen LogP contribution in [0.25, 0.3) is 0 Å². The summed E-state index contributed by atoms with van der Waals surface area (Å²) in [5.74, 6) is 1.42. The molecule has 2 rings (SSSR count). The Morgan fingerprint density at radius 2 is 1.71 bits per heavy atom. The monoisotopic (exact) mass is 427 g/mol. The topological polar surface area (TPSA) is 77.0 Å². The van der Waals surface area contributed by atoms with Gasteiger partial charge in [0.15, 0.2) is 5.96 Å². The lowest BCUT2D eigenvalue weighted by atomic mass is 9.99. The molecular weight excluding hydrogens is 395 g/mol. The Morgan fingerprint density at radius 1 is 1.11 bits per heavy atom. The molecule has 0 atom stereocenters. The fourth-order valence-corrected chi connectivity index (χ4v) is 4.55. The Balaban J connectivity index is 1.67. The van der Waals surface area contributed by atoms with E-state index in [0.717, 1.165) is 38.5 Å². The molecule has 0 unspecified atom stereocenters. The number of rotatable bonds is 6. The van der Waals surface area contributed by atoms with Gasteiger partial charge in [0.2, 0.25) is 0 Å². The zero-order valence-electron chi connectivity index (χ0n) is 16.6. The van der Waals surface area contributed by atoms with Crippen LogP contribution in [0.2, 0.25) is 0 Å². The largest absolute Gasteiger partial charge is 0.511 e. The zero-order valence-corrected chi connectivity index (χ0v) is 17.4. The smallest absolute Gasteiger partial charge is 0.356 e. The molecule has 0 aliphatic carbocycles. The van der Waals surface area contributed by atoms with Crippen LogP contribution in [0, 0.1) is 5.92 Å². The summed E-state index contributed by atoms with van der Waals surface area (Å²) in [4.78, 5) is 6.62. The molecule has 7 nitrogen and oxygen atoms in total. The maximum atomic E-state index is 12.6. The van der Waals surface area contributed by atoms with Crippen LogP contribution >= 0.6 is 0 Å². The lowest BCUT2D eigenvalue weighted by molar-refractivity contribution is -0.0494. The average molecular weight is 428 g/mol. The number of likely N-dealkylation sites (tertiary alicyclic amines) is 1. The Hall–Kier alpha value is -1.07. The molecule has 0 bridgehead atoms.